The molecule has 0 amide bonds. The Kier molecular flexibility index (Phi) is 3.46. The van der Waals surface area contributed by atoms with Gasteiger partial charge in [0.1, 0.15) is 5.75 Å². The van der Waals surface area contributed by atoms with Crippen molar-refractivity contribution in [2.24, 2.45) is 0 Å². The van der Waals surface area contributed by atoms with E-state index in [0.29, 0.717) is 6.61 Å². The van der Waals surface area contributed by atoms with Gasteiger partial charge in [-0.2, -0.15) is 0 Å². The highest BCUT2D eigenvalue weighted by molar-refractivity contribution is 5.86. The third-order valence-corrected chi connectivity index (χ3v) is 3.51. The quantitative estimate of drug-likeness (QED) is 0.682. The standard InChI is InChI=1S/C18H19NO/c1-3-20-18-9-5-8-17-16(18)10-11-19(17)13-15-7-4-6-14(2)12-15/h4-12H,3,13H2,1-2H3. The Balaban J connectivity index is 1.98. The fourth-order valence-electron chi connectivity index (χ4n) is 2.62. The molecule has 0 aliphatic heterocycles. The Hall–Kier alpha value is -2.22. The number of aromatic nitrogens is 1. The summed E-state index contributed by atoms with van der Waals surface area (Å²) in [6, 6.07) is 17.0. The molecule has 3 aromatic rings. The molecule has 20 heavy (non-hydrogen) atoms. The molecule has 1 heterocycles. The van der Waals surface area contributed by atoms with Gasteiger partial charge < -0.3 is 9.30 Å². The molecule has 2 nitrogen and oxygen atoms in total. The summed E-state index contributed by atoms with van der Waals surface area (Å²) in [5.74, 6) is 0.966. The summed E-state index contributed by atoms with van der Waals surface area (Å²) in [6.45, 7) is 5.73. The molecule has 0 saturated heterocycles. The highest BCUT2D eigenvalue weighted by atomic mass is 16.5. The van der Waals surface area contributed by atoms with Crippen LogP contribution >= 0.6 is 0 Å². The van der Waals surface area contributed by atoms with E-state index in [0.717, 1.165) is 12.3 Å². The van der Waals surface area contributed by atoms with E-state index in [4.69, 9.17) is 4.74 Å². The second kappa shape index (κ2) is 5.41. The zero-order valence-electron chi connectivity index (χ0n) is 12.0. The Morgan fingerprint density at radius 3 is 2.70 bits per heavy atom. The monoisotopic (exact) mass is 265 g/mol. The van der Waals surface area contributed by atoms with Gasteiger partial charge in [0.25, 0.3) is 0 Å². The molecule has 0 fully saturated rings. The molecule has 2 heteroatoms. The highest BCUT2D eigenvalue weighted by Gasteiger charge is 2.06. The van der Waals surface area contributed by atoms with E-state index in [-0.39, 0.29) is 0 Å². The molecular formula is C18H19NO. The normalized spacial score (nSPS) is 10.9. The van der Waals surface area contributed by atoms with Gasteiger partial charge in [-0.15, -0.1) is 0 Å². The van der Waals surface area contributed by atoms with Crippen molar-refractivity contribution in [1.82, 2.24) is 4.57 Å². The zero-order valence-corrected chi connectivity index (χ0v) is 12.0. The van der Waals surface area contributed by atoms with Crippen LogP contribution in [0, 0.1) is 6.92 Å². The van der Waals surface area contributed by atoms with Crippen LogP contribution in [-0.2, 0) is 6.54 Å². The van der Waals surface area contributed by atoms with Crippen molar-refractivity contribution in [2.75, 3.05) is 6.61 Å². The first kappa shape index (κ1) is 12.8. The number of fused-ring (bicyclic) bond motifs is 1. The maximum atomic E-state index is 5.69. The molecule has 0 N–H and O–H groups in total. The van der Waals surface area contributed by atoms with Crippen LogP contribution in [0.1, 0.15) is 18.1 Å². The van der Waals surface area contributed by atoms with Crippen LogP contribution in [0.3, 0.4) is 0 Å². The molecule has 0 atom stereocenters. The lowest BCUT2D eigenvalue weighted by Crippen LogP contribution is -1.98. The second-order valence-corrected chi connectivity index (χ2v) is 5.05. The van der Waals surface area contributed by atoms with Crippen LogP contribution in [0.2, 0.25) is 0 Å². The van der Waals surface area contributed by atoms with Crippen LogP contribution < -0.4 is 4.74 Å². The lowest BCUT2D eigenvalue weighted by molar-refractivity contribution is 0.344. The highest BCUT2D eigenvalue weighted by Crippen LogP contribution is 2.27. The first-order valence-corrected chi connectivity index (χ1v) is 7.04. The first-order valence-electron chi connectivity index (χ1n) is 7.04. The molecule has 1 aromatic heterocycles. The lowest BCUT2D eigenvalue weighted by atomic mass is 10.1. The van der Waals surface area contributed by atoms with Crippen molar-refractivity contribution >= 4 is 10.9 Å². The summed E-state index contributed by atoms with van der Waals surface area (Å²) in [5.41, 5.74) is 3.84. The smallest absolute Gasteiger partial charge is 0.128 e. The van der Waals surface area contributed by atoms with E-state index in [1.54, 1.807) is 0 Å². The zero-order chi connectivity index (χ0) is 13.9. The number of benzene rings is 2. The summed E-state index contributed by atoms with van der Waals surface area (Å²) in [5, 5.41) is 1.18. The predicted octanol–water partition coefficient (Wildman–Crippen LogP) is 4.40. The Morgan fingerprint density at radius 2 is 1.90 bits per heavy atom. The van der Waals surface area contributed by atoms with E-state index in [2.05, 4.69) is 60.2 Å². The molecule has 0 saturated carbocycles. The molecule has 2 aromatic carbocycles. The van der Waals surface area contributed by atoms with Crippen LogP contribution in [-0.4, -0.2) is 11.2 Å². The maximum Gasteiger partial charge on any atom is 0.128 e. The van der Waals surface area contributed by atoms with E-state index in [1.165, 1.54) is 22.0 Å². The van der Waals surface area contributed by atoms with Crippen LogP contribution in [0.5, 0.6) is 5.75 Å². The van der Waals surface area contributed by atoms with Gasteiger partial charge >= 0.3 is 0 Å². The first-order chi connectivity index (χ1) is 9.78. The van der Waals surface area contributed by atoms with Crippen molar-refractivity contribution in [2.45, 2.75) is 20.4 Å². The molecule has 0 aliphatic carbocycles. The molecule has 0 bridgehead atoms. The topological polar surface area (TPSA) is 14.2 Å². The van der Waals surface area contributed by atoms with Gasteiger partial charge in [0.15, 0.2) is 0 Å². The van der Waals surface area contributed by atoms with E-state index >= 15 is 0 Å². The van der Waals surface area contributed by atoms with E-state index < -0.39 is 0 Å². The van der Waals surface area contributed by atoms with E-state index in [1.807, 2.05) is 13.0 Å². The fraction of sp³-hybridized carbons (Fsp3) is 0.222. The number of hydrogen-bond donors (Lipinski definition) is 0. The van der Waals surface area contributed by atoms with Crippen LogP contribution in [0.15, 0.2) is 54.7 Å². The molecule has 0 radical (unpaired) electrons. The average molecular weight is 265 g/mol. The Bertz CT molecular complexity index is 727. The van der Waals surface area contributed by atoms with Crippen molar-refractivity contribution in [3.8, 4) is 5.75 Å². The molecule has 0 spiro atoms. The number of rotatable bonds is 4. The lowest BCUT2D eigenvalue weighted by Gasteiger charge is -2.08. The summed E-state index contributed by atoms with van der Waals surface area (Å²) < 4.78 is 7.96. The number of ether oxygens (including phenoxy) is 1. The van der Waals surface area contributed by atoms with Gasteiger partial charge in [-0.3, -0.25) is 0 Å². The summed E-state index contributed by atoms with van der Waals surface area (Å²) in [4.78, 5) is 0. The van der Waals surface area contributed by atoms with Gasteiger partial charge in [-0.05, 0) is 37.6 Å². The molecule has 3 rings (SSSR count). The van der Waals surface area contributed by atoms with Gasteiger partial charge in [0, 0.05) is 18.1 Å². The van der Waals surface area contributed by atoms with Crippen molar-refractivity contribution in [1.29, 1.82) is 0 Å². The Morgan fingerprint density at radius 1 is 1.05 bits per heavy atom. The summed E-state index contributed by atoms with van der Waals surface area (Å²) >= 11 is 0. The number of hydrogen-bond acceptors (Lipinski definition) is 1. The van der Waals surface area contributed by atoms with Crippen molar-refractivity contribution in [3.63, 3.8) is 0 Å². The van der Waals surface area contributed by atoms with Crippen molar-refractivity contribution < 1.29 is 4.74 Å². The molecule has 0 aliphatic rings. The van der Waals surface area contributed by atoms with Crippen LogP contribution in [0.25, 0.3) is 10.9 Å². The minimum absolute atomic E-state index is 0.697. The number of aryl methyl sites for hydroxylation is 1. The minimum Gasteiger partial charge on any atom is -0.493 e. The molecular weight excluding hydrogens is 246 g/mol. The average Bonchev–Trinajstić information content (AvgIpc) is 2.84. The second-order valence-electron chi connectivity index (χ2n) is 5.05. The largest absolute Gasteiger partial charge is 0.493 e. The maximum absolute atomic E-state index is 5.69. The Labute approximate surface area is 119 Å². The molecule has 102 valence electrons. The predicted molar refractivity (Wildman–Crippen MR) is 83.4 cm³/mol. The number of nitrogens with zero attached hydrogens (tertiary/aromatic N) is 1. The van der Waals surface area contributed by atoms with Crippen molar-refractivity contribution in [3.05, 3.63) is 65.9 Å². The summed E-state index contributed by atoms with van der Waals surface area (Å²) in [6.07, 6.45) is 2.13. The third kappa shape index (κ3) is 2.42. The SMILES string of the molecule is CCOc1cccc2c1ccn2Cc1cccc(C)c1. The van der Waals surface area contributed by atoms with Crippen LogP contribution in [0.4, 0.5) is 0 Å². The third-order valence-electron chi connectivity index (χ3n) is 3.51. The van der Waals surface area contributed by atoms with Gasteiger partial charge in [0.2, 0.25) is 0 Å². The van der Waals surface area contributed by atoms with Gasteiger partial charge in [-0.1, -0.05) is 35.9 Å². The van der Waals surface area contributed by atoms with E-state index in [9.17, 15) is 0 Å². The minimum atomic E-state index is 0.697. The molecule has 0 unspecified atom stereocenters. The van der Waals surface area contributed by atoms with Gasteiger partial charge in [-0.25, -0.2) is 0 Å². The summed E-state index contributed by atoms with van der Waals surface area (Å²) in [7, 11) is 0. The fourth-order valence-corrected chi connectivity index (χ4v) is 2.62. The van der Waals surface area contributed by atoms with Gasteiger partial charge in [0.05, 0.1) is 12.1 Å².